The van der Waals surface area contributed by atoms with Crippen LogP contribution in [0.1, 0.15) is 36.1 Å². The molecule has 3 heterocycles. The number of hydrogen-bond donors (Lipinski definition) is 0. The summed E-state index contributed by atoms with van der Waals surface area (Å²) >= 11 is 11.3. The van der Waals surface area contributed by atoms with Crippen molar-refractivity contribution in [1.82, 2.24) is 14.8 Å². The van der Waals surface area contributed by atoms with Gasteiger partial charge in [-0.3, -0.25) is 9.78 Å². The van der Waals surface area contributed by atoms with Crippen LogP contribution in [0.4, 0.5) is 0 Å². The van der Waals surface area contributed by atoms with Crippen molar-refractivity contribution in [2.24, 2.45) is 0 Å². The molecule has 34 heavy (non-hydrogen) atoms. The highest BCUT2D eigenvalue weighted by molar-refractivity contribution is 7.79. The lowest BCUT2D eigenvalue weighted by Crippen LogP contribution is -2.51. The zero-order valence-electron chi connectivity index (χ0n) is 19.5. The normalized spacial score (nSPS) is 20.2. The van der Waals surface area contributed by atoms with Crippen LogP contribution in [0.3, 0.4) is 0 Å². The van der Waals surface area contributed by atoms with Gasteiger partial charge in [0.15, 0.2) is 0 Å². The Morgan fingerprint density at radius 2 is 1.94 bits per heavy atom. The lowest BCUT2D eigenvalue weighted by molar-refractivity contribution is -0.148. The van der Waals surface area contributed by atoms with Crippen LogP contribution in [-0.2, 0) is 24.4 Å². The molecule has 0 saturated carbocycles. The highest BCUT2D eigenvalue weighted by Crippen LogP contribution is 2.45. The minimum atomic E-state index is -1.20. The maximum Gasteiger partial charge on any atom is 0.352 e. The first-order chi connectivity index (χ1) is 16.2. The Labute approximate surface area is 208 Å². The van der Waals surface area contributed by atoms with Crippen LogP contribution in [-0.4, -0.2) is 39.2 Å². The van der Waals surface area contributed by atoms with E-state index < -0.39 is 17.5 Å². The summed E-state index contributed by atoms with van der Waals surface area (Å²) < 4.78 is 18.8. The summed E-state index contributed by atoms with van der Waals surface area (Å²) in [7, 11) is 1.43. The molecule has 0 fully saturated rings. The van der Waals surface area contributed by atoms with Gasteiger partial charge in [0.05, 0.1) is 24.0 Å². The molecule has 1 aliphatic heterocycles. The largest absolute Gasteiger partial charge is 0.460 e. The molecule has 1 aromatic carbocycles. The Morgan fingerprint density at radius 1 is 1.24 bits per heavy atom. The molecule has 2 aromatic heterocycles. The molecule has 4 rings (SSSR count). The first-order valence-corrected chi connectivity index (χ1v) is 11.4. The minimum absolute atomic E-state index is 0.0612. The van der Waals surface area contributed by atoms with Crippen LogP contribution in [0.15, 0.2) is 54.6 Å². The SMILES string of the molecule is COC(=S)OC1C(C)=C(c2cccnc2)OC(=O)C1(C)c1c(C)cc(-n2cc(Cl)cn2)cc1C. The van der Waals surface area contributed by atoms with E-state index in [0.717, 1.165) is 22.4 Å². The van der Waals surface area contributed by atoms with Gasteiger partial charge in [-0.15, -0.1) is 0 Å². The summed E-state index contributed by atoms with van der Waals surface area (Å²) in [6, 6.07) is 7.51. The number of halogens is 1. The van der Waals surface area contributed by atoms with Crippen molar-refractivity contribution in [3.63, 3.8) is 0 Å². The van der Waals surface area contributed by atoms with Gasteiger partial charge in [0.1, 0.15) is 17.3 Å². The quantitative estimate of drug-likeness (QED) is 0.366. The molecule has 2 unspecified atom stereocenters. The highest BCUT2D eigenvalue weighted by Gasteiger charge is 2.53. The first-order valence-electron chi connectivity index (χ1n) is 10.6. The van der Waals surface area contributed by atoms with Gasteiger partial charge in [0, 0.05) is 41.9 Å². The number of carbonyl (C=O) groups is 1. The Hall–Kier alpha value is -3.23. The summed E-state index contributed by atoms with van der Waals surface area (Å²) in [4.78, 5) is 17.9. The van der Waals surface area contributed by atoms with Crippen LogP contribution < -0.4 is 0 Å². The van der Waals surface area contributed by atoms with E-state index in [1.165, 1.54) is 7.11 Å². The van der Waals surface area contributed by atoms with Gasteiger partial charge in [0.25, 0.3) is 0 Å². The number of esters is 1. The number of hydrogen-bond acceptors (Lipinski definition) is 7. The van der Waals surface area contributed by atoms with Crippen molar-refractivity contribution in [3.8, 4) is 5.69 Å². The van der Waals surface area contributed by atoms with Crippen molar-refractivity contribution < 1.29 is 19.0 Å². The van der Waals surface area contributed by atoms with Crippen molar-refractivity contribution in [1.29, 1.82) is 0 Å². The Kier molecular flexibility index (Phi) is 6.47. The molecular formula is C25H24ClN3O4S. The molecular weight excluding hydrogens is 474 g/mol. The summed E-state index contributed by atoms with van der Waals surface area (Å²) in [6.45, 7) is 7.55. The van der Waals surface area contributed by atoms with E-state index in [2.05, 4.69) is 10.1 Å². The summed E-state index contributed by atoms with van der Waals surface area (Å²) in [6.07, 6.45) is 5.83. The smallest absolute Gasteiger partial charge is 0.352 e. The number of rotatable bonds is 4. The van der Waals surface area contributed by atoms with Gasteiger partial charge in [-0.2, -0.15) is 5.10 Å². The van der Waals surface area contributed by atoms with Gasteiger partial charge in [-0.25, -0.2) is 4.68 Å². The number of aryl methyl sites for hydroxylation is 2. The average Bonchev–Trinajstić information content (AvgIpc) is 3.25. The van der Waals surface area contributed by atoms with Crippen molar-refractivity contribution >= 4 is 40.8 Å². The lowest BCUT2D eigenvalue weighted by Gasteiger charge is -2.41. The molecule has 9 heteroatoms. The van der Waals surface area contributed by atoms with E-state index in [-0.39, 0.29) is 5.24 Å². The van der Waals surface area contributed by atoms with E-state index in [4.69, 9.17) is 38.0 Å². The Morgan fingerprint density at radius 3 is 2.50 bits per heavy atom. The number of benzene rings is 1. The molecule has 2 atom stereocenters. The van der Waals surface area contributed by atoms with Crippen molar-refractivity contribution in [3.05, 3.63) is 81.9 Å². The molecule has 0 saturated heterocycles. The molecule has 176 valence electrons. The zero-order valence-corrected chi connectivity index (χ0v) is 21.0. The highest BCUT2D eigenvalue weighted by atomic mass is 35.5. The van der Waals surface area contributed by atoms with Gasteiger partial charge in [-0.1, -0.05) is 11.6 Å². The standard InChI is InChI=1S/C25H24ClN3O4S/c1-14-9-19(29-13-18(26)12-28-29)10-15(2)20(14)25(4)22(33-24(34)31-5)16(3)21(32-23(25)30)17-7-6-8-27-11-17/h6-13,22H,1-5H3. The number of nitrogens with zero attached hydrogens (tertiary/aromatic N) is 3. The molecule has 0 radical (unpaired) electrons. The lowest BCUT2D eigenvalue weighted by atomic mass is 9.70. The number of thiocarbonyl (C=S) groups is 1. The maximum atomic E-state index is 13.7. The third-order valence-electron chi connectivity index (χ3n) is 6.05. The molecule has 0 spiro atoms. The van der Waals surface area contributed by atoms with Crippen molar-refractivity contribution in [2.45, 2.75) is 39.2 Å². The second-order valence-corrected chi connectivity index (χ2v) is 9.13. The predicted octanol–water partition coefficient (Wildman–Crippen LogP) is 5.10. The molecule has 0 amide bonds. The number of methoxy groups -OCH3 is 1. The van der Waals surface area contributed by atoms with Crippen LogP contribution >= 0.6 is 23.8 Å². The van der Waals surface area contributed by atoms with Gasteiger partial charge >= 0.3 is 11.2 Å². The monoisotopic (exact) mass is 497 g/mol. The molecule has 7 nitrogen and oxygen atoms in total. The van der Waals surface area contributed by atoms with Gasteiger partial charge in [0.2, 0.25) is 0 Å². The number of aromatic nitrogens is 3. The van der Waals surface area contributed by atoms with Crippen LogP contribution in [0.5, 0.6) is 0 Å². The number of cyclic esters (lactones) is 1. The van der Waals surface area contributed by atoms with Crippen LogP contribution in [0.2, 0.25) is 5.02 Å². The fourth-order valence-corrected chi connectivity index (χ4v) is 4.87. The van der Waals surface area contributed by atoms with Crippen molar-refractivity contribution in [2.75, 3.05) is 7.11 Å². The summed E-state index contributed by atoms with van der Waals surface area (Å²) in [5, 5.41) is 4.76. The molecule has 0 aliphatic carbocycles. The van der Waals surface area contributed by atoms with E-state index >= 15 is 0 Å². The maximum absolute atomic E-state index is 13.7. The third kappa shape index (κ3) is 4.08. The fraction of sp³-hybridized carbons (Fsp3) is 0.280. The number of carbonyl (C=O) groups excluding carboxylic acids is 1. The summed E-state index contributed by atoms with van der Waals surface area (Å²) in [5.74, 6) is -0.0560. The predicted molar refractivity (Wildman–Crippen MR) is 133 cm³/mol. The second kappa shape index (κ2) is 9.19. The molecule has 0 N–H and O–H groups in total. The minimum Gasteiger partial charge on any atom is -0.460 e. The molecule has 1 aliphatic rings. The second-order valence-electron chi connectivity index (χ2n) is 8.36. The molecule has 3 aromatic rings. The van der Waals surface area contributed by atoms with Crippen LogP contribution in [0, 0.1) is 13.8 Å². The van der Waals surface area contributed by atoms with E-state index in [1.807, 2.05) is 45.9 Å². The van der Waals surface area contributed by atoms with E-state index in [0.29, 0.717) is 21.9 Å². The fourth-order valence-electron chi connectivity index (χ4n) is 4.64. The van der Waals surface area contributed by atoms with E-state index in [1.54, 1.807) is 35.5 Å². The first kappa shape index (κ1) is 23.9. The topological polar surface area (TPSA) is 75.5 Å². The summed E-state index contributed by atoms with van der Waals surface area (Å²) in [5.41, 5.74) is 3.53. The Bertz CT molecular complexity index is 1280. The number of pyridine rings is 1. The average molecular weight is 498 g/mol. The van der Waals surface area contributed by atoms with Gasteiger partial charge < -0.3 is 14.2 Å². The van der Waals surface area contributed by atoms with E-state index in [9.17, 15) is 4.79 Å². The molecule has 0 bridgehead atoms. The Balaban J connectivity index is 1.89. The zero-order chi connectivity index (χ0) is 24.6. The number of ether oxygens (including phenoxy) is 3. The van der Waals surface area contributed by atoms with Gasteiger partial charge in [-0.05, 0) is 68.7 Å². The van der Waals surface area contributed by atoms with Crippen LogP contribution in [0.25, 0.3) is 11.4 Å². The third-order valence-corrected chi connectivity index (χ3v) is 6.51.